The topological polar surface area (TPSA) is 21.3 Å². The van der Waals surface area contributed by atoms with Gasteiger partial charge in [0.05, 0.1) is 5.60 Å². The molecular weight excluding hydrogens is 299 g/mol. The lowest BCUT2D eigenvalue weighted by Gasteiger charge is -2.38. The predicted octanol–water partition coefficient (Wildman–Crippen LogP) is 4.18. The summed E-state index contributed by atoms with van der Waals surface area (Å²) in [5.41, 5.74) is 0.0755. The summed E-state index contributed by atoms with van der Waals surface area (Å²) >= 11 is 3.28. The number of anilines is 1. The van der Waals surface area contributed by atoms with E-state index in [1.807, 2.05) is 0 Å². The van der Waals surface area contributed by atoms with Crippen molar-refractivity contribution in [3.05, 3.63) is 34.5 Å². The van der Waals surface area contributed by atoms with Crippen LogP contribution in [-0.2, 0) is 10.3 Å². The normalized spacial score (nSPS) is 19.6. The second-order valence-electron chi connectivity index (χ2n) is 4.25. The van der Waals surface area contributed by atoms with Crippen LogP contribution in [0.2, 0.25) is 0 Å². The fourth-order valence-electron chi connectivity index (χ4n) is 1.71. The molecule has 1 aromatic rings. The zero-order chi connectivity index (χ0) is 12.8. The Morgan fingerprint density at radius 2 is 1.94 bits per heavy atom. The van der Waals surface area contributed by atoms with Gasteiger partial charge in [0.25, 0.3) is 6.23 Å². The Morgan fingerprint density at radius 1 is 1.29 bits per heavy atom. The van der Waals surface area contributed by atoms with Gasteiger partial charge < -0.3 is 10.1 Å². The van der Waals surface area contributed by atoms with Crippen molar-refractivity contribution in [2.75, 3.05) is 5.32 Å². The highest BCUT2D eigenvalue weighted by Crippen LogP contribution is 2.45. The van der Waals surface area contributed by atoms with Gasteiger partial charge in [-0.3, -0.25) is 0 Å². The van der Waals surface area contributed by atoms with Crippen LogP contribution in [-0.4, -0.2) is 6.18 Å². The van der Waals surface area contributed by atoms with Gasteiger partial charge in [-0.25, -0.2) is 0 Å². The Labute approximate surface area is 105 Å². The van der Waals surface area contributed by atoms with Gasteiger partial charge in [0.15, 0.2) is 0 Å². The summed E-state index contributed by atoms with van der Waals surface area (Å²) in [6.07, 6.45) is -5.58. The van der Waals surface area contributed by atoms with E-state index in [0.29, 0.717) is 11.3 Å². The zero-order valence-corrected chi connectivity index (χ0v) is 10.7. The molecule has 0 atom stereocenters. The number of alkyl halides is 3. The average molecular weight is 309 g/mol. The number of ether oxygens (including phenoxy) is 1. The molecule has 1 aliphatic heterocycles. The van der Waals surface area contributed by atoms with Gasteiger partial charge in [-0.15, -0.1) is 0 Å². The molecule has 2 rings (SSSR count). The second-order valence-corrected chi connectivity index (χ2v) is 5.17. The highest BCUT2D eigenvalue weighted by atomic mass is 79.9. The Balaban J connectivity index is 2.44. The fraction of sp³-hybridized carbons (Fsp3) is 0.364. The first-order valence-electron chi connectivity index (χ1n) is 4.90. The van der Waals surface area contributed by atoms with E-state index in [-0.39, 0.29) is 0 Å². The van der Waals surface area contributed by atoms with Gasteiger partial charge in [-0.1, -0.05) is 15.9 Å². The van der Waals surface area contributed by atoms with Crippen LogP contribution in [0.1, 0.15) is 19.4 Å². The third-order valence-corrected chi connectivity index (χ3v) is 2.99. The van der Waals surface area contributed by atoms with Gasteiger partial charge in [-0.2, -0.15) is 13.2 Å². The largest absolute Gasteiger partial charge is 0.442 e. The molecule has 0 amide bonds. The lowest BCUT2D eigenvalue weighted by molar-refractivity contribution is -0.191. The summed E-state index contributed by atoms with van der Waals surface area (Å²) in [5, 5.41) is 2.27. The van der Waals surface area contributed by atoms with Gasteiger partial charge in [0, 0.05) is 15.7 Å². The molecule has 0 unspecified atom stereocenters. The van der Waals surface area contributed by atoms with Crippen molar-refractivity contribution in [3.8, 4) is 0 Å². The second kappa shape index (κ2) is 3.88. The molecule has 1 radical (unpaired) electrons. The molecule has 0 aromatic heterocycles. The van der Waals surface area contributed by atoms with E-state index in [2.05, 4.69) is 21.2 Å². The van der Waals surface area contributed by atoms with E-state index in [4.69, 9.17) is 4.74 Å². The first kappa shape index (κ1) is 12.7. The summed E-state index contributed by atoms with van der Waals surface area (Å²) in [6.45, 7) is 3.20. The smallest absolute Gasteiger partial charge is 0.345 e. The van der Waals surface area contributed by atoms with Gasteiger partial charge in [0.2, 0.25) is 0 Å². The van der Waals surface area contributed by atoms with Crippen LogP contribution >= 0.6 is 15.9 Å². The maximum absolute atomic E-state index is 12.6. The van der Waals surface area contributed by atoms with Crippen molar-refractivity contribution in [1.82, 2.24) is 0 Å². The molecule has 0 fully saturated rings. The number of hydrogen-bond acceptors (Lipinski definition) is 2. The zero-order valence-electron chi connectivity index (χ0n) is 9.15. The van der Waals surface area contributed by atoms with Crippen LogP contribution in [0.4, 0.5) is 18.9 Å². The molecule has 1 N–H and O–H groups in total. The molecule has 6 heteroatoms. The third-order valence-electron chi connectivity index (χ3n) is 2.49. The monoisotopic (exact) mass is 308 g/mol. The van der Waals surface area contributed by atoms with Crippen LogP contribution in [0.3, 0.4) is 0 Å². The number of fused-ring (bicyclic) bond motifs is 1. The summed E-state index contributed by atoms with van der Waals surface area (Å²) in [5.74, 6) is 0. The Kier molecular flexibility index (Phi) is 2.90. The molecule has 93 valence electrons. The molecule has 17 heavy (non-hydrogen) atoms. The SMILES string of the molecule is CC1(C)O[C](C(F)(F)F)Nc2ccc(Br)cc21. The molecule has 0 spiro atoms. The molecule has 2 nitrogen and oxygen atoms in total. The minimum Gasteiger partial charge on any atom is -0.345 e. The summed E-state index contributed by atoms with van der Waals surface area (Å²) in [4.78, 5) is 0. The third kappa shape index (κ3) is 2.42. The first-order valence-corrected chi connectivity index (χ1v) is 5.70. The number of halogens is 4. The molecule has 1 aromatic carbocycles. The molecule has 0 bridgehead atoms. The number of benzene rings is 1. The quantitative estimate of drug-likeness (QED) is 0.776. The number of nitrogens with one attached hydrogen (secondary N) is 1. The molecule has 0 saturated heterocycles. The van der Waals surface area contributed by atoms with Crippen molar-refractivity contribution >= 4 is 21.6 Å². The van der Waals surface area contributed by atoms with Crippen LogP contribution in [0.5, 0.6) is 0 Å². The Bertz CT molecular complexity index is 445. The predicted molar refractivity (Wildman–Crippen MR) is 61.2 cm³/mol. The minimum atomic E-state index is -4.51. The van der Waals surface area contributed by atoms with Crippen molar-refractivity contribution in [2.45, 2.75) is 25.6 Å². The molecule has 1 heterocycles. The minimum absolute atomic E-state index is 0.414. The first-order chi connectivity index (χ1) is 7.70. The summed E-state index contributed by atoms with van der Waals surface area (Å²) in [7, 11) is 0. The highest BCUT2D eigenvalue weighted by Gasteiger charge is 2.49. The summed E-state index contributed by atoms with van der Waals surface area (Å²) < 4.78 is 43.6. The van der Waals surface area contributed by atoms with E-state index >= 15 is 0 Å². The van der Waals surface area contributed by atoms with E-state index in [1.165, 1.54) is 0 Å². The van der Waals surface area contributed by atoms with Gasteiger partial charge in [0.1, 0.15) is 0 Å². The van der Waals surface area contributed by atoms with Crippen molar-refractivity contribution in [3.63, 3.8) is 0 Å². The molecule has 1 aliphatic rings. The van der Waals surface area contributed by atoms with Crippen LogP contribution in [0.15, 0.2) is 22.7 Å². The lowest BCUT2D eigenvalue weighted by atomic mass is 9.94. The lowest BCUT2D eigenvalue weighted by Crippen LogP contribution is -2.41. The van der Waals surface area contributed by atoms with Crippen LogP contribution in [0.25, 0.3) is 0 Å². The number of rotatable bonds is 0. The van der Waals surface area contributed by atoms with Crippen LogP contribution < -0.4 is 5.32 Å². The van der Waals surface area contributed by atoms with Crippen LogP contribution in [0, 0.1) is 6.23 Å². The standard InChI is InChI=1S/C11H10BrF3NO/c1-10(2)7-5-6(12)3-4-8(7)16-9(17-10)11(13,14)15/h3-5,16H,1-2H3. The fourth-order valence-corrected chi connectivity index (χ4v) is 2.07. The average Bonchev–Trinajstić information content (AvgIpc) is 2.16. The molecule has 0 aliphatic carbocycles. The number of hydrogen-bond donors (Lipinski definition) is 1. The van der Waals surface area contributed by atoms with Gasteiger partial charge in [-0.05, 0) is 32.0 Å². The van der Waals surface area contributed by atoms with E-state index in [9.17, 15) is 13.2 Å². The van der Waals surface area contributed by atoms with Crippen molar-refractivity contribution in [1.29, 1.82) is 0 Å². The van der Waals surface area contributed by atoms with Crippen molar-refractivity contribution in [2.24, 2.45) is 0 Å². The van der Waals surface area contributed by atoms with E-state index in [0.717, 1.165) is 4.47 Å². The maximum Gasteiger partial charge on any atom is 0.442 e. The van der Waals surface area contributed by atoms with Crippen molar-refractivity contribution < 1.29 is 17.9 Å². The van der Waals surface area contributed by atoms with Gasteiger partial charge >= 0.3 is 6.18 Å². The molecular formula is C11H10BrF3NO. The molecule has 0 saturated carbocycles. The maximum atomic E-state index is 12.6. The Hall–Kier alpha value is -0.750. The highest BCUT2D eigenvalue weighted by molar-refractivity contribution is 9.10. The Morgan fingerprint density at radius 3 is 2.53 bits per heavy atom. The van der Waals surface area contributed by atoms with E-state index in [1.54, 1.807) is 32.0 Å². The van der Waals surface area contributed by atoms with E-state index < -0.39 is 18.0 Å². The summed E-state index contributed by atoms with van der Waals surface area (Å²) in [6, 6.07) is 5.02.